The Bertz CT molecular complexity index is 213. The maximum Gasteiger partial charge on any atom is 0.315 e. The summed E-state index contributed by atoms with van der Waals surface area (Å²) >= 11 is 0. The summed E-state index contributed by atoms with van der Waals surface area (Å²) in [6.07, 6.45) is 6.72. The van der Waals surface area contributed by atoms with Crippen LogP contribution in [-0.4, -0.2) is 31.2 Å². The molecule has 1 fully saturated rings. The highest BCUT2D eigenvalue weighted by atomic mass is 16.2. The second-order valence-corrected chi connectivity index (χ2v) is 4.86. The number of urea groups is 1. The topological polar surface area (TPSA) is 53.2 Å². The summed E-state index contributed by atoms with van der Waals surface area (Å²) in [4.78, 5) is 11.6. The summed E-state index contributed by atoms with van der Waals surface area (Å²) < 4.78 is 0. The van der Waals surface area contributed by atoms with Crippen molar-refractivity contribution < 1.29 is 4.79 Å². The molecule has 1 rings (SSSR count). The van der Waals surface area contributed by atoms with Gasteiger partial charge in [-0.3, -0.25) is 0 Å². The molecule has 0 aromatic rings. The van der Waals surface area contributed by atoms with E-state index in [0.717, 1.165) is 38.8 Å². The highest BCUT2D eigenvalue weighted by molar-refractivity contribution is 5.74. The van der Waals surface area contributed by atoms with Gasteiger partial charge in [0.25, 0.3) is 0 Å². The molecular weight excluding hydrogens is 214 g/mol. The Kier molecular flexibility index (Phi) is 7.01. The van der Waals surface area contributed by atoms with Crippen molar-refractivity contribution >= 4 is 6.03 Å². The third kappa shape index (κ3) is 5.91. The quantitative estimate of drug-likeness (QED) is 0.623. The van der Waals surface area contributed by atoms with Crippen molar-refractivity contribution in [3.8, 4) is 0 Å². The van der Waals surface area contributed by atoms with Gasteiger partial charge in [-0.1, -0.05) is 20.3 Å². The summed E-state index contributed by atoms with van der Waals surface area (Å²) in [6.45, 7) is 6.10. The van der Waals surface area contributed by atoms with Crippen LogP contribution in [0.3, 0.4) is 0 Å². The van der Waals surface area contributed by atoms with Crippen LogP contribution in [0.2, 0.25) is 0 Å². The van der Waals surface area contributed by atoms with Gasteiger partial charge in [-0.05, 0) is 38.6 Å². The molecule has 2 amide bonds. The van der Waals surface area contributed by atoms with Crippen molar-refractivity contribution in [1.29, 1.82) is 0 Å². The van der Waals surface area contributed by atoms with E-state index in [1.807, 2.05) is 0 Å². The molecule has 0 saturated heterocycles. The molecule has 0 unspecified atom stereocenters. The number of carbonyl (C=O) groups is 1. The predicted molar refractivity (Wildman–Crippen MR) is 71.2 cm³/mol. The van der Waals surface area contributed by atoms with Gasteiger partial charge in [0.1, 0.15) is 0 Å². The smallest absolute Gasteiger partial charge is 0.315 e. The third-order valence-corrected chi connectivity index (χ3v) is 3.37. The molecule has 17 heavy (non-hydrogen) atoms. The molecule has 0 heterocycles. The van der Waals surface area contributed by atoms with Crippen molar-refractivity contribution in [2.75, 3.05) is 13.1 Å². The molecule has 0 radical (unpaired) electrons. The highest BCUT2D eigenvalue weighted by Crippen LogP contribution is 2.18. The molecule has 1 saturated carbocycles. The normalized spacial score (nSPS) is 24.4. The van der Waals surface area contributed by atoms with E-state index in [0.29, 0.717) is 12.1 Å². The Balaban J connectivity index is 2.10. The van der Waals surface area contributed by atoms with Crippen LogP contribution in [0.1, 0.15) is 52.4 Å². The van der Waals surface area contributed by atoms with Gasteiger partial charge in [-0.2, -0.15) is 0 Å². The van der Waals surface area contributed by atoms with Crippen LogP contribution in [0.5, 0.6) is 0 Å². The van der Waals surface area contributed by atoms with Crippen LogP contribution in [0.25, 0.3) is 0 Å². The minimum atomic E-state index is 0.00495. The Morgan fingerprint density at radius 2 is 1.76 bits per heavy atom. The molecule has 1 aliphatic rings. The first-order valence-electron chi connectivity index (χ1n) is 7.04. The van der Waals surface area contributed by atoms with Crippen LogP contribution in [0, 0.1) is 0 Å². The number of carbonyl (C=O) groups excluding carboxylic acids is 1. The lowest BCUT2D eigenvalue weighted by Gasteiger charge is -2.29. The summed E-state index contributed by atoms with van der Waals surface area (Å²) in [5.41, 5.74) is 0. The van der Waals surface area contributed by atoms with Gasteiger partial charge >= 0.3 is 6.03 Å². The van der Waals surface area contributed by atoms with Gasteiger partial charge in [0.05, 0.1) is 0 Å². The summed E-state index contributed by atoms with van der Waals surface area (Å²) in [5.74, 6) is 0. The van der Waals surface area contributed by atoms with Gasteiger partial charge in [0.15, 0.2) is 0 Å². The molecule has 4 nitrogen and oxygen atoms in total. The molecule has 100 valence electrons. The monoisotopic (exact) mass is 241 g/mol. The molecule has 0 aromatic carbocycles. The first-order chi connectivity index (χ1) is 8.26. The van der Waals surface area contributed by atoms with E-state index in [9.17, 15) is 4.79 Å². The summed E-state index contributed by atoms with van der Waals surface area (Å²) in [6, 6.07) is 1.03. The zero-order valence-electron chi connectivity index (χ0n) is 11.2. The van der Waals surface area contributed by atoms with Crippen LogP contribution in [-0.2, 0) is 0 Å². The molecule has 1 aliphatic carbocycles. The van der Waals surface area contributed by atoms with Crippen LogP contribution >= 0.6 is 0 Å². The van der Waals surface area contributed by atoms with Crippen molar-refractivity contribution in [2.24, 2.45) is 0 Å². The van der Waals surface area contributed by atoms with Crippen molar-refractivity contribution in [1.82, 2.24) is 16.0 Å². The molecule has 0 aliphatic heterocycles. The minimum absolute atomic E-state index is 0.00495. The molecule has 4 heteroatoms. The zero-order chi connectivity index (χ0) is 12.5. The van der Waals surface area contributed by atoms with E-state index in [-0.39, 0.29) is 6.03 Å². The number of unbranched alkanes of at least 4 members (excludes halogenated alkanes) is 1. The molecule has 3 N–H and O–H groups in total. The lowest BCUT2D eigenvalue weighted by Crippen LogP contribution is -2.46. The molecular formula is C13H27N3O. The molecule has 0 atom stereocenters. The minimum Gasteiger partial charge on any atom is -0.338 e. The number of hydrogen-bond donors (Lipinski definition) is 3. The average molecular weight is 241 g/mol. The highest BCUT2D eigenvalue weighted by Gasteiger charge is 2.21. The van der Waals surface area contributed by atoms with Crippen molar-refractivity contribution in [2.45, 2.75) is 64.5 Å². The standard InChI is InChI=1S/C13H27N3O/c1-3-5-10-15-13(17)16-12-8-6-11(7-9-12)14-4-2/h11-12,14H,3-10H2,1-2H3,(H2,15,16,17). The number of amides is 2. The van der Waals surface area contributed by atoms with Crippen LogP contribution in [0.4, 0.5) is 4.79 Å². The zero-order valence-corrected chi connectivity index (χ0v) is 11.2. The van der Waals surface area contributed by atoms with Gasteiger partial charge in [-0.15, -0.1) is 0 Å². The number of nitrogens with one attached hydrogen (secondary N) is 3. The lowest BCUT2D eigenvalue weighted by atomic mass is 9.91. The van der Waals surface area contributed by atoms with Crippen LogP contribution in [0.15, 0.2) is 0 Å². The SMILES string of the molecule is CCCCNC(=O)NC1CCC(NCC)CC1. The number of hydrogen-bond acceptors (Lipinski definition) is 2. The molecule has 0 spiro atoms. The Hall–Kier alpha value is -0.770. The first kappa shape index (κ1) is 14.3. The van der Waals surface area contributed by atoms with Gasteiger partial charge in [0, 0.05) is 18.6 Å². The summed E-state index contributed by atoms with van der Waals surface area (Å²) in [7, 11) is 0. The molecule has 0 aromatic heterocycles. The second-order valence-electron chi connectivity index (χ2n) is 4.86. The third-order valence-electron chi connectivity index (χ3n) is 3.37. The largest absolute Gasteiger partial charge is 0.338 e. The first-order valence-corrected chi connectivity index (χ1v) is 7.04. The second kappa shape index (κ2) is 8.34. The van der Waals surface area contributed by atoms with E-state index in [1.165, 1.54) is 12.8 Å². The van der Waals surface area contributed by atoms with E-state index in [4.69, 9.17) is 0 Å². The fourth-order valence-electron chi connectivity index (χ4n) is 2.35. The lowest BCUT2D eigenvalue weighted by molar-refractivity contribution is 0.229. The van der Waals surface area contributed by atoms with Crippen molar-refractivity contribution in [3.05, 3.63) is 0 Å². The maximum atomic E-state index is 11.6. The Morgan fingerprint density at radius 3 is 2.35 bits per heavy atom. The maximum absolute atomic E-state index is 11.6. The van der Waals surface area contributed by atoms with E-state index < -0.39 is 0 Å². The average Bonchev–Trinajstić information content (AvgIpc) is 2.32. The van der Waals surface area contributed by atoms with Gasteiger partial charge < -0.3 is 16.0 Å². The van der Waals surface area contributed by atoms with E-state index >= 15 is 0 Å². The predicted octanol–water partition coefficient (Wildman–Crippen LogP) is 2.01. The Morgan fingerprint density at radius 1 is 1.12 bits per heavy atom. The van der Waals surface area contributed by atoms with Crippen molar-refractivity contribution in [3.63, 3.8) is 0 Å². The number of rotatable bonds is 6. The summed E-state index contributed by atoms with van der Waals surface area (Å²) in [5, 5.41) is 9.44. The Labute approximate surface area is 105 Å². The fourth-order valence-corrected chi connectivity index (χ4v) is 2.35. The van der Waals surface area contributed by atoms with Crippen LogP contribution < -0.4 is 16.0 Å². The fraction of sp³-hybridized carbons (Fsp3) is 0.923. The van der Waals surface area contributed by atoms with Gasteiger partial charge in [0.2, 0.25) is 0 Å². The van der Waals surface area contributed by atoms with E-state index in [2.05, 4.69) is 29.8 Å². The van der Waals surface area contributed by atoms with Gasteiger partial charge in [-0.25, -0.2) is 4.79 Å². The molecule has 0 bridgehead atoms. The van der Waals surface area contributed by atoms with E-state index in [1.54, 1.807) is 0 Å².